The molecule has 19 heavy (non-hydrogen) atoms. The van der Waals surface area contributed by atoms with Crippen LogP contribution in [0, 0.1) is 0 Å². The Balaban J connectivity index is 1.72. The number of para-hydroxylation sites is 1. The zero-order chi connectivity index (χ0) is 13.5. The highest BCUT2D eigenvalue weighted by Gasteiger charge is 2.17. The first-order valence-corrected chi connectivity index (χ1v) is 7.41. The van der Waals surface area contributed by atoms with E-state index in [1.54, 1.807) is 7.11 Å². The molecule has 0 bridgehead atoms. The molecule has 0 aromatic heterocycles. The van der Waals surface area contributed by atoms with Crippen molar-refractivity contribution >= 4 is 0 Å². The van der Waals surface area contributed by atoms with Crippen molar-refractivity contribution in [3.8, 4) is 5.75 Å². The van der Waals surface area contributed by atoms with Gasteiger partial charge in [0, 0.05) is 6.04 Å². The normalized spacial score (nSPS) is 17.6. The maximum absolute atomic E-state index is 5.38. The molecule has 0 amide bonds. The average molecular weight is 262 g/mol. The van der Waals surface area contributed by atoms with E-state index in [9.17, 15) is 0 Å². The van der Waals surface area contributed by atoms with E-state index in [0.29, 0.717) is 6.04 Å². The fraction of sp³-hybridized carbons (Fsp3) is 0.625. The number of ether oxygens (including phenoxy) is 1. The molecule has 106 valence electrons. The van der Waals surface area contributed by atoms with Gasteiger partial charge in [-0.05, 0) is 57.1 Å². The van der Waals surface area contributed by atoms with Gasteiger partial charge in [-0.3, -0.25) is 0 Å². The zero-order valence-corrected chi connectivity index (χ0v) is 12.2. The molecule has 3 nitrogen and oxygen atoms in total. The summed E-state index contributed by atoms with van der Waals surface area (Å²) in [5.74, 6) is 1.00. The molecule has 3 heteroatoms. The van der Waals surface area contributed by atoms with Crippen molar-refractivity contribution < 1.29 is 4.74 Å². The molecule has 0 atom stereocenters. The minimum Gasteiger partial charge on any atom is -0.496 e. The molecule has 0 aliphatic carbocycles. The Kier molecular flexibility index (Phi) is 5.67. The van der Waals surface area contributed by atoms with E-state index in [0.717, 1.165) is 18.7 Å². The van der Waals surface area contributed by atoms with Gasteiger partial charge < -0.3 is 15.0 Å². The van der Waals surface area contributed by atoms with Gasteiger partial charge in [0.1, 0.15) is 5.75 Å². The second-order valence-corrected chi connectivity index (χ2v) is 5.22. The largest absolute Gasteiger partial charge is 0.496 e. The number of rotatable bonds is 6. The molecule has 0 radical (unpaired) electrons. The van der Waals surface area contributed by atoms with Gasteiger partial charge in [-0.2, -0.15) is 0 Å². The SMILES string of the molecule is CCN1CCC(NCCc2ccccc2OC)CC1. The number of nitrogens with one attached hydrogen (secondary N) is 1. The summed E-state index contributed by atoms with van der Waals surface area (Å²) >= 11 is 0. The Labute approximate surface area is 116 Å². The van der Waals surface area contributed by atoms with Gasteiger partial charge in [0.05, 0.1) is 7.11 Å². The molecular weight excluding hydrogens is 236 g/mol. The number of methoxy groups -OCH3 is 1. The Morgan fingerprint density at radius 3 is 2.68 bits per heavy atom. The van der Waals surface area contributed by atoms with Crippen molar-refractivity contribution in [3.63, 3.8) is 0 Å². The molecule has 0 spiro atoms. The number of nitrogens with zero attached hydrogens (tertiary/aromatic N) is 1. The third-order valence-corrected chi connectivity index (χ3v) is 4.05. The summed E-state index contributed by atoms with van der Waals surface area (Å²) in [6, 6.07) is 8.99. The lowest BCUT2D eigenvalue weighted by Gasteiger charge is -2.31. The van der Waals surface area contributed by atoms with E-state index < -0.39 is 0 Å². The number of benzene rings is 1. The Morgan fingerprint density at radius 1 is 1.26 bits per heavy atom. The van der Waals surface area contributed by atoms with Crippen LogP contribution in [0.15, 0.2) is 24.3 Å². The first-order valence-electron chi connectivity index (χ1n) is 7.41. The highest BCUT2D eigenvalue weighted by molar-refractivity contribution is 5.33. The molecule has 1 aliphatic heterocycles. The van der Waals surface area contributed by atoms with Crippen LogP contribution in [0.25, 0.3) is 0 Å². The van der Waals surface area contributed by atoms with Gasteiger partial charge in [-0.1, -0.05) is 25.1 Å². The monoisotopic (exact) mass is 262 g/mol. The summed E-state index contributed by atoms with van der Waals surface area (Å²) in [5, 5.41) is 3.68. The fourth-order valence-corrected chi connectivity index (χ4v) is 2.77. The van der Waals surface area contributed by atoms with E-state index in [2.05, 4.69) is 29.3 Å². The van der Waals surface area contributed by atoms with Gasteiger partial charge in [-0.15, -0.1) is 0 Å². The summed E-state index contributed by atoms with van der Waals surface area (Å²) in [5.41, 5.74) is 1.29. The van der Waals surface area contributed by atoms with Gasteiger partial charge in [0.15, 0.2) is 0 Å². The molecular formula is C16H26N2O. The predicted molar refractivity (Wildman–Crippen MR) is 79.8 cm³/mol. The highest BCUT2D eigenvalue weighted by Crippen LogP contribution is 2.17. The number of likely N-dealkylation sites (tertiary alicyclic amines) is 1. The highest BCUT2D eigenvalue weighted by atomic mass is 16.5. The Hall–Kier alpha value is -1.06. The van der Waals surface area contributed by atoms with Gasteiger partial charge >= 0.3 is 0 Å². The average Bonchev–Trinajstić information content (AvgIpc) is 2.48. The second kappa shape index (κ2) is 7.51. The number of hydrogen-bond donors (Lipinski definition) is 1. The Bertz CT molecular complexity index is 373. The lowest BCUT2D eigenvalue weighted by atomic mass is 10.0. The van der Waals surface area contributed by atoms with Crippen LogP contribution in [-0.4, -0.2) is 44.2 Å². The number of hydrogen-bond acceptors (Lipinski definition) is 3. The second-order valence-electron chi connectivity index (χ2n) is 5.22. The van der Waals surface area contributed by atoms with Crippen molar-refractivity contribution in [3.05, 3.63) is 29.8 Å². The van der Waals surface area contributed by atoms with Crippen molar-refractivity contribution in [2.45, 2.75) is 32.2 Å². The third-order valence-electron chi connectivity index (χ3n) is 4.05. The van der Waals surface area contributed by atoms with Gasteiger partial charge in [-0.25, -0.2) is 0 Å². The van der Waals surface area contributed by atoms with Crippen molar-refractivity contribution in [1.29, 1.82) is 0 Å². The smallest absolute Gasteiger partial charge is 0.122 e. The molecule has 1 aliphatic rings. The quantitative estimate of drug-likeness (QED) is 0.851. The molecule has 1 N–H and O–H groups in total. The first kappa shape index (κ1) is 14.4. The zero-order valence-electron chi connectivity index (χ0n) is 12.2. The standard InChI is InChI=1S/C16H26N2O/c1-3-18-12-9-15(10-13-18)17-11-8-14-6-4-5-7-16(14)19-2/h4-7,15,17H,3,8-13H2,1-2H3. The fourth-order valence-electron chi connectivity index (χ4n) is 2.77. The molecule has 1 aromatic carbocycles. The van der Waals surface area contributed by atoms with Crippen LogP contribution in [0.2, 0.25) is 0 Å². The topological polar surface area (TPSA) is 24.5 Å². The summed E-state index contributed by atoms with van der Waals surface area (Å²) < 4.78 is 5.38. The maximum Gasteiger partial charge on any atom is 0.122 e. The lowest BCUT2D eigenvalue weighted by Crippen LogP contribution is -2.42. The molecule has 1 saturated heterocycles. The molecule has 2 rings (SSSR count). The predicted octanol–water partition coefficient (Wildman–Crippen LogP) is 2.31. The van der Waals surface area contributed by atoms with Crippen LogP contribution >= 0.6 is 0 Å². The summed E-state index contributed by atoms with van der Waals surface area (Å²) in [7, 11) is 1.74. The first-order chi connectivity index (χ1) is 9.33. The van der Waals surface area contributed by atoms with Crippen molar-refractivity contribution in [1.82, 2.24) is 10.2 Å². The van der Waals surface area contributed by atoms with E-state index in [1.165, 1.54) is 38.0 Å². The van der Waals surface area contributed by atoms with Crippen LogP contribution in [0.5, 0.6) is 5.75 Å². The molecule has 1 fully saturated rings. The van der Waals surface area contributed by atoms with E-state index in [4.69, 9.17) is 4.74 Å². The maximum atomic E-state index is 5.38. The van der Waals surface area contributed by atoms with Crippen LogP contribution in [0.3, 0.4) is 0 Å². The summed E-state index contributed by atoms with van der Waals surface area (Å²) in [4.78, 5) is 2.53. The van der Waals surface area contributed by atoms with E-state index in [1.807, 2.05) is 12.1 Å². The van der Waals surface area contributed by atoms with Crippen molar-refractivity contribution in [2.24, 2.45) is 0 Å². The third kappa shape index (κ3) is 4.22. The molecule has 0 saturated carbocycles. The van der Waals surface area contributed by atoms with Gasteiger partial charge in [0.2, 0.25) is 0 Å². The van der Waals surface area contributed by atoms with E-state index in [-0.39, 0.29) is 0 Å². The Morgan fingerprint density at radius 2 is 2.00 bits per heavy atom. The minimum atomic E-state index is 0.692. The minimum absolute atomic E-state index is 0.692. The van der Waals surface area contributed by atoms with Gasteiger partial charge in [0.25, 0.3) is 0 Å². The van der Waals surface area contributed by atoms with Crippen molar-refractivity contribution in [2.75, 3.05) is 33.3 Å². The molecule has 1 aromatic rings. The van der Waals surface area contributed by atoms with Crippen LogP contribution in [-0.2, 0) is 6.42 Å². The van der Waals surface area contributed by atoms with Crippen LogP contribution in [0.1, 0.15) is 25.3 Å². The summed E-state index contributed by atoms with van der Waals surface area (Å²) in [6.45, 7) is 6.95. The summed E-state index contributed by atoms with van der Waals surface area (Å²) in [6.07, 6.45) is 3.59. The molecule has 1 heterocycles. The van der Waals surface area contributed by atoms with Crippen LogP contribution < -0.4 is 10.1 Å². The van der Waals surface area contributed by atoms with Crippen LogP contribution in [0.4, 0.5) is 0 Å². The lowest BCUT2D eigenvalue weighted by molar-refractivity contribution is 0.207. The van der Waals surface area contributed by atoms with E-state index >= 15 is 0 Å². The molecule has 0 unspecified atom stereocenters. The number of piperidine rings is 1.